The minimum atomic E-state index is -0.311. The molecule has 0 aliphatic carbocycles. The summed E-state index contributed by atoms with van der Waals surface area (Å²) in [4.78, 5) is 0. The van der Waals surface area contributed by atoms with Gasteiger partial charge in [-0.05, 0) is 42.3 Å². The zero-order valence-corrected chi connectivity index (χ0v) is 13.3. The quantitative estimate of drug-likeness (QED) is 0.436. The normalized spacial score (nSPS) is 10.9. The third-order valence-electron chi connectivity index (χ3n) is 3.16. The van der Waals surface area contributed by atoms with Gasteiger partial charge in [0.2, 0.25) is 0 Å². The minimum Gasteiger partial charge on any atom is -0.491 e. The first-order chi connectivity index (χ1) is 11.3. The van der Waals surface area contributed by atoms with Crippen molar-refractivity contribution in [3.05, 3.63) is 59.7 Å². The van der Waals surface area contributed by atoms with Gasteiger partial charge >= 0.3 is 0 Å². The monoisotopic (exact) mass is 314 g/mol. The van der Waals surface area contributed by atoms with Crippen molar-refractivity contribution in [1.82, 2.24) is 0 Å². The maximum absolute atomic E-state index is 8.69. The van der Waals surface area contributed by atoms with Gasteiger partial charge < -0.3 is 19.3 Å². The van der Waals surface area contributed by atoms with E-state index < -0.39 is 0 Å². The molecule has 0 heterocycles. The molecule has 0 unspecified atom stereocenters. The molecule has 0 amide bonds. The molecule has 0 aromatic heterocycles. The fraction of sp³-hybridized carbons (Fsp3) is 0.263. The smallest absolute Gasteiger partial charge is 0.186 e. The third-order valence-corrected chi connectivity index (χ3v) is 3.16. The first-order valence-electron chi connectivity index (χ1n) is 7.64. The Labute approximate surface area is 136 Å². The van der Waals surface area contributed by atoms with Crippen LogP contribution in [-0.2, 0) is 4.74 Å². The molecule has 0 aliphatic rings. The predicted octanol–water partition coefficient (Wildman–Crippen LogP) is 3.60. The summed E-state index contributed by atoms with van der Waals surface area (Å²) in [5.41, 5.74) is 2.16. The van der Waals surface area contributed by atoms with Crippen LogP contribution in [0, 0.1) is 0 Å². The number of benzene rings is 2. The van der Waals surface area contributed by atoms with E-state index in [0.717, 1.165) is 16.9 Å². The lowest BCUT2D eigenvalue weighted by atomic mass is 10.1. The van der Waals surface area contributed by atoms with E-state index >= 15 is 0 Å². The van der Waals surface area contributed by atoms with E-state index in [2.05, 4.69) is 0 Å². The number of hydrogen-bond acceptors (Lipinski definition) is 4. The first-order valence-corrected chi connectivity index (χ1v) is 7.64. The lowest BCUT2D eigenvalue weighted by molar-refractivity contribution is 0.0985. The lowest BCUT2D eigenvalue weighted by Gasteiger charge is -2.06. The summed E-state index contributed by atoms with van der Waals surface area (Å²) in [5.74, 6) is 1.49. The van der Waals surface area contributed by atoms with Gasteiger partial charge in [0.25, 0.3) is 0 Å². The topological polar surface area (TPSA) is 47.9 Å². The van der Waals surface area contributed by atoms with Crippen LogP contribution in [0.5, 0.6) is 11.5 Å². The molecule has 1 N–H and O–H groups in total. The molecule has 0 bridgehead atoms. The van der Waals surface area contributed by atoms with Crippen LogP contribution in [0.25, 0.3) is 12.2 Å². The highest BCUT2D eigenvalue weighted by molar-refractivity contribution is 5.70. The van der Waals surface area contributed by atoms with Gasteiger partial charge in [-0.25, -0.2) is 0 Å². The second-order valence-electron chi connectivity index (χ2n) is 4.79. The van der Waals surface area contributed by atoms with Crippen molar-refractivity contribution >= 4 is 12.2 Å². The average Bonchev–Trinajstić information content (AvgIpc) is 2.59. The molecule has 2 aromatic carbocycles. The van der Waals surface area contributed by atoms with Crippen LogP contribution in [0.2, 0.25) is 0 Å². The van der Waals surface area contributed by atoms with E-state index in [1.807, 2.05) is 67.6 Å². The molecule has 2 aromatic rings. The zero-order chi connectivity index (χ0) is 16.3. The van der Waals surface area contributed by atoms with Crippen molar-refractivity contribution < 1.29 is 19.3 Å². The Morgan fingerprint density at radius 2 is 1.30 bits per heavy atom. The molecule has 0 aliphatic heterocycles. The van der Waals surface area contributed by atoms with E-state index in [4.69, 9.17) is 19.3 Å². The average molecular weight is 314 g/mol. The summed E-state index contributed by atoms with van der Waals surface area (Å²) in [6, 6.07) is 15.4. The van der Waals surface area contributed by atoms with E-state index in [1.54, 1.807) is 0 Å². The lowest BCUT2D eigenvalue weighted by Crippen LogP contribution is -2.06. The van der Waals surface area contributed by atoms with E-state index in [0.29, 0.717) is 25.6 Å². The molecular formula is C19H22O4. The maximum Gasteiger partial charge on any atom is 0.186 e. The molecule has 4 nitrogen and oxygen atoms in total. The first kappa shape index (κ1) is 17.1. The van der Waals surface area contributed by atoms with Crippen LogP contribution in [-0.4, -0.2) is 31.7 Å². The molecule has 0 radical (unpaired) electrons. The van der Waals surface area contributed by atoms with Crippen molar-refractivity contribution in [2.75, 3.05) is 26.6 Å². The number of ether oxygens (including phenoxy) is 3. The van der Waals surface area contributed by atoms with Gasteiger partial charge in [-0.3, -0.25) is 0 Å². The fourth-order valence-electron chi connectivity index (χ4n) is 1.98. The Balaban J connectivity index is 1.87. The summed E-state index contributed by atoms with van der Waals surface area (Å²) in [6.45, 7) is 3.53. The number of aliphatic hydroxyl groups is 1. The fourth-order valence-corrected chi connectivity index (χ4v) is 1.98. The summed E-state index contributed by atoms with van der Waals surface area (Å²) in [5, 5.41) is 8.69. The van der Waals surface area contributed by atoms with Crippen molar-refractivity contribution in [3.8, 4) is 11.5 Å². The Morgan fingerprint density at radius 1 is 0.783 bits per heavy atom. The summed E-state index contributed by atoms with van der Waals surface area (Å²) in [7, 11) is 0. The number of rotatable bonds is 9. The minimum absolute atomic E-state index is 0.311. The Kier molecular flexibility index (Phi) is 7.17. The second kappa shape index (κ2) is 9.66. The van der Waals surface area contributed by atoms with Crippen LogP contribution >= 0.6 is 0 Å². The third kappa shape index (κ3) is 6.14. The van der Waals surface area contributed by atoms with Crippen LogP contribution in [0.3, 0.4) is 0 Å². The van der Waals surface area contributed by atoms with Crippen LogP contribution < -0.4 is 9.47 Å². The molecule has 0 fully saturated rings. The predicted molar refractivity (Wildman–Crippen MR) is 91.5 cm³/mol. The van der Waals surface area contributed by atoms with Crippen LogP contribution in [0.4, 0.5) is 0 Å². The molecule has 0 atom stereocenters. The SMILES string of the molecule is CCOCCOc1ccc(C=Cc2ccc(OCO)cc2)cc1. The van der Waals surface area contributed by atoms with Crippen molar-refractivity contribution in [3.63, 3.8) is 0 Å². The van der Waals surface area contributed by atoms with Crippen molar-refractivity contribution in [2.45, 2.75) is 6.92 Å². The largest absolute Gasteiger partial charge is 0.491 e. The van der Waals surface area contributed by atoms with E-state index in [9.17, 15) is 0 Å². The van der Waals surface area contributed by atoms with Crippen molar-refractivity contribution in [1.29, 1.82) is 0 Å². The molecule has 0 saturated carbocycles. The molecule has 4 heteroatoms. The second-order valence-corrected chi connectivity index (χ2v) is 4.79. The number of aliphatic hydroxyl groups excluding tert-OH is 1. The van der Waals surface area contributed by atoms with Gasteiger partial charge in [0.1, 0.15) is 18.1 Å². The van der Waals surface area contributed by atoms with Gasteiger partial charge in [-0.1, -0.05) is 36.4 Å². The Hall–Kier alpha value is -2.30. The molecule has 122 valence electrons. The van der Waals surface area contributed by atoms with E-state index in [1.165, 1.54) is 0 Å². The maximum atomic E-state index is 8.69. The highest BCUT2D eigenvalue weighted by Crippen LogP contribution is 2.16. The van der Waals surface area contributed by atoms with Gasteiger partial charge in [0.15, 0.2) is 6.79 Å². The van der Waals surface area contributed by atoms with Crippen LogP contribution in [0.1, 0.15) is 18.1 Å². The van der Waals surface area contributed by atoms with Gasteiger partial charge in [0, 0.05) is 6.61 Å². The standard InChI is InChI=1S/C19H22O4/c1-2-21-13-14-22-18-9-5-16(6-10-18)3-4-17-7-11-19(12-8-17)23-15-20/h3-12,20H,2,13-15H2,1H3. The van der Waals surface area contributed by atoms with E-state index in [-0.39, 0.29) is 6.79 Å². The van der Waals surface area contributed by atoms with Gasteiger partial charge in [0.05, 0.1) is 6.61 Å². The molecule has 2 rings (SSSR count). The van der Waals surface area contributed by atoms with Crippen molar-refractivity contribution in [2.24, 2.45) is 0 Å². The summed E-state index contributed by atoms with van der Waals surface area (Å²) < 4.78 is 15.8. The highest BCUT2D eigenvalue weighted by atomic mass is 16.6. The highest BCUT2D eigenvalue weighted by Gasteiger charge is 1.95. The van der Waals surface area contributed by atoms with Gasteiger partial charge in [-0.15, -0.1) is 0 Å². The van der Waals surface area contributed by atoms with Gasteiger partial charge in [-0.2, -0.15) is 0 Å². The number of hydrogen-bond donors (Lipinski definition) is 1. The Morgan fingerprint density at radius 3 is 1.78 bits per heavy atom. The Bertz CT molecular complexity index is 588. The molecule has 0 spiro atoms. The molecule has 23 heavy (non-hydrogen) atoms. The van der Waals surface area contributed by atoms with Crippen LogP contribution in [0.15, 0.2) is 48.5 Å². The molecular weight excluding hydrogens is 292 g/mol. The zero-order valence-electron chi connectivity index (χ0n) is 13.3. The molecule has 0 saturated heterocycles. The summed E-state index contributed by atoms with van der Waals surface area (Å²) in [6.07, 6.45) is 4.06. The summed E-state index contributed by atoms with van der Waals surface area (Å²) >= 11 is 0.